The lowest BCUT2D eigenvalue weighted by Crippen LogP contribution is -2.12. The van der Waals surface area contributed by atoms with Gasteiger partial charge in [-0.25, -0.2) is 10.8 Å². The van der Waals surface area contributed by atoms with Crippen LogP contribution in [0.3, 0.4) is 0 Å². The highest BCUT2D eigenvalue weighted by molar-refractivity contribution is 9.10. The van der Waals surface area contributed by atoms with Crippen molar-refractivity contribution in [2.24, 2.45) is 5.84 Å². The van der Waals surface area contributed by atoms with Crippen molar-refractivity contribution in [2.45, 2.75) is 13.5 Å². The molecule has 0 aliphatic heterocycles. The smallest absolute Gasteiger partial charge is 0.240 e. The highest BCUT2D eigenvalue weighted by Crippen LogP contribution is 2.30. The van der Waals surface area contributed by atoms with Crippen LogP contribution in [0.15, 0.2) is 22.0 Å². The lowest BCUT2D eigenvalue weighted by molar-refractivity contribution is 1.11. The molecule has 0 fully saturated rings. The van der Waals surface area contributed by atoms with Crippen LogP contribution in [0, 0.1) is 6.92 Å². The Kier molecular flexibility index (Phi) is 3.88. The van der Waals surface area contributed by atoms with Gasteiger partial charge >= 0.3 is 0 Å². The highest BCUT2D eigenvalue weighted by Gasteiger charge is 2.11. The molecule has 0 bridgehead atoms. The molecule has 0 aliphatic carbocycles. The van der Waals surface area contributed by atoms with Crippen molar-refractivity contribution < 1.29 is 0 Å². The van der Waals surface area contributed by atoms with Gasteiger partial charge in [0.2, 0.25) is 5.95 Å². The zero-order valence-electron chi connectivity index (χ0n) is 10.6. The number of anilines is 2. The minimum absolute atomic E-state index is 0.423. The molecule has 0 aliphatic rings. The van der Waals surface area contributed by atoms with Gasteiger partial charge < -0.3 is 5.32 Å². The maximum atomic E-state index is 5.43. The Labute approximate surface area is 132 Å². The third kappa shape index (κ3) is 2.64. The predicted molar refractivity (Wildman–Crippen MR) is 89.3 cm³/mol. The lowest BCUT2D eigenvalue weighted by Gasteiger charge is -2.07. The first-order valence-electron chi connectivity index (χ1n) is 5.88. The van der Waals surface area contributed by atoms with Gasteiger partial charge in [-0.1, -0.05) is 0 Å². The fourth-order valence-corrected chi connectivity index (χ4v) is 4.17. The zero-order valence-corrected chi connectivity index (χ0v) is 13.8. The van der Waals surface area contributed by atoms with Crippen LogP contribution in [0.5, 0.6) is 0 Å². The van der Waals surface area contributed by atoms with Crippen molar-refractivity contribution in [2.75, 3.05) is 10.7 Å². The molecule has 3 aromatic heterocycles. The first-order valence-corrected chi connectivity index (χ1v) is 8.37. The third-order valence-corrected chi connectivity index (χ3v) is 5.62. The fraction of sp³-hybridized carbons (Fsp3) is 0.167. The van der Waals surface area contributed by atoms with Gasteiger partial charge in [0.05, 0.1) is 11.9 Å². The van der Waals surface area contributed by atoms with Crippen molar-refractivity contribution >= 4 is 60.6 Å². The summed E-state index contributed by atoms with van der Waals surface area (Å²) in [4.78, 5) is 12.1. The monoisotopic (exact) mass is 369 g/mol. The highest BCUT2D eigenvalue weighted by atomic mass is 79.9. The lowest BCUT2D eigenvalue weighted by atomic mass is 10.3. The zero-order chi connectivity index (χ0) is 14.1. The van der Waals surface area contributed by atoms with E-state index in [0.29, 0.717) is 12.5 Å². The van der Waals surface area contributed by atoms with E-state index in [1.54, 1.807) is 22.7 Å². The maximum absolute atomic E-state index is 5.43. The standard InChI is InChI=1S/C12H12BrN5S2/c1-6-4-7-10(15-5-9-8(13)2-3-19-9)16-12(18-14)17-11(7)20-6/h2-4H,5,14H2,1H3,(H2,15,16,17,18). The van der Waals surface area contributed by atoms with Crippen LogP contribution in [-0.4, -0.2) is 9.97 Å². The molecule has 0 saturated heterocycles. The van der Waals surface area contributed by atoms with Gasteiger partial charge in [-0.2, -0.15) is 4.98 Å². The molecule has 20 heavy (non-hydrogen) atoms. The first kappa shape index (κ1) is 13.7. The number of halogens is 1. The molecule has 0 atom stereocenters. The summed E-state index contributed by atoms with van der Waals surface area (Å²) >= 11 is 6.86. The summed E-state index contributed by atoms with van der Waals surface area (Å²) in [6.07, 6.45) is 0. The summed E-state index contributed by atoms with van der Waals surface area (Å²) in [7, 11) is 0. The Bertz CT molecular complexity index is 751. The number of thiophene rings is 2. The molecule has 0 aromatic carbocycles. The predicted octanol–water partition coefficient (Wildman–Crippen LogP) is 3.72. The Morgan fingerprint density at radius 2 is 2.25 bits per heavy atom. The number of nitrogens with one attached hydrogen (secondary N) is 2. The second-order valence-corrected chi connectivity index (χ2v) is 7.25. The van der Waals surface area contributed by atoms with Crippen molar-refractivity contribution in [1.82, 2.24) is 9.97 Å². The van der Waals surface area contributed by atoms with Gasteiger partial charge in [0.25, 0.3) is 0 Å². The van der Waals surface area contributed by atoms with E-state index in [4.69, 9.17) is 5.84 Å². The van der Waals surface area contributed by atoms with E-state index in [0.717, 1.165) is 20.5 Å². The topological polar surface area (TPSA) is 75.9 Å². The van der Waals surface area contributed by atoms with Crippen molar-refractivity contribution in [3.05, 3.63) is 31.7 Å². The molecular formula is C12H12BrN5S2. The number of rotatable bonds is 4. The van der Waals surface area contributed by atoms with Crippen molar-refractivity contribution in [1.29, 1.82) is 0 Å². The fourth-order valence-electron chi connectivity index (χ4n) is 1.86. The molecule has 0 amide bonds. The Hall–Kier alpha value is -1.22. The van der Waals surface area contributed by atoms with E-state index in [1.807, 2.05) is 6.07 Å². The van der Waals surface area contributed by atoms with Gasteiger partial charge in [0.15, 0.2) is 0 Å². The number of nitrogen functional groups attached to an aromatic ring is 1. The Morgan fingerprint density at radius 3 is 2.95 bits per heavy atom. The summed E-state index contributed by atoms with van der Waals surface area (Å²) in [5.41, 5.74) is 2.51. The number of aryl methyl sites for hydroxylation is 1. The normalized spacial score (nSPS) is 10.9. The molecule has 4 N–H and O–H groups in total. The number of nitrogens with zero attached hydrogens (tertiary/aromatic N) is 2. The van der Waals surface area contributed by atoms with Gasteiger partial charge in [0.1, 0.15) is 10.6 Å². The molecule has 104 valence electrons. The van der Waals surface area contributed by atoms with Crippen LogP contribution in [-0.2, 0) is 6.54 Å². The Balaban J connectivity index is 1.95. The molecule has 8 heteroatoms. The number of hydrazine groups is 1. The average molecular weight is 370 g/mol. The van der Waals surface area contributed by atoms with Crippen LogP contribution in [0.4, 0.5) is 11.8 Å². The summed E-state index contributed by atoms with van der Waals surface area (Å²) < 4.78 is 1.11. The maximum Gasteiger partial charge on any atom is 0.240 e. The third-order valence-electron chi connectivity index (χ3n) is 2.75. The SMILES string of the molecule is Cc1cc2c(NCc3sccc3Br)nc(NN)nc2s1. The van der Waals surface area contributed by atoms with E-state index in [9.17, 15) is 0 Å². The molecule has 0 radical (unpaired) electrons. The summed E-state index contributed by atoms with van der Waals surface area (Å²) in [6, 6.07) is 4.13. The summed E-state index contributed by atoms with van der Waals surface area (Å²) in [6.45, 7) is 2.77. The van der Waals surface area contributed by atoms with Gasteiger partial charge in [-0.15, -0.1) is 22.7 Å². The molecule has 3 aromatic rings. The molecule has 3 heterocycles. The van der Waals surface area contributed by atoms with Crippen LogP contribution in [0.2, 0.25) is 0 Å². The summed E-state index contributed by atoms with van der Waals surface area (Å²) in [5, 5.41) is 6.44. The molecule has 0 unspecified atom stereocenters. The molecule has 3 rings (SSSR count). The molecule has 0 spiro atoms. The largest absolute Gasteiger partial charge is 0.364 e. The second-order valence-electron chi connectivity index (χ2n) is 4.16. The number of nitrogens with two attached hydrogens (primary N) is 1. The van der Waals surface area contributed by atoms with E-state index in [-0.39, 0.29) is 0 Å². The average Bonchev–Trinajstić information content (AvgIpc) is 3.00. The Morgan fingerprint density at radius 1 is 1.40 bits per heavy atom. The number of hydrogen-bond acceptors (Lipinski definition) is 7. The number of fused-ring (bicyclic) bond motifs is 1. The van der Waals surface area contributed by atoms with E-state index >= 15 is 0 Å². The van der Waals surface area contributed by atoms with Gasteiger partial charge in [-0.05, 0) is 40.4 Å². The minimum Gasteiger partial charge on any atom is -0.364 e. The number of hydrogen-bond donors (Lipinski definition) is 3. The van der Waals surface area contributed by atoms with E-state index in [1.165, 1.54) is 9.75 Å². The van der Waals surface area contributed by atoms with E-state index in [2.05, 4.69) is 55.0 Å². The number of aromatic nitrogens is 2. The first-order chi connectivity index (χ1) is 9.67. The quantitative estimate of drug-likeness (QED) is 0.482. The van der Waals surface area contributed by atoms with Gasteiger partial charge in [-0.3, -0.25) is 5.43 Å². The second kappa shape index (κ2) is 5.65. The van der Waals surface area contributed by atoms with Crippen LogP contribution in [0.25, 0.3) is 10.2 Å². The van der Waals surface area contributed by atoms with E-state index < -0.39 is 0 Å². The van der Waals surface area contributed by atoms with Gasteiger partial charge in [0, 0.05) is 14.2 Å². The molecule has 5 nitrogen and oxygen atoms in total. The molecule has 0 saturated carbocycles. The minimum atomic E-state index is 0.423. The van der Waals surface area contributed by atoms with Crippen LogP contribution >= 0.6 is 38.6 Å². The van der Waals surface area contributed by atoms with Crippen molar-refractivity contribution in [3.8, 4) is 0 Å². The van der Waals surface area contributed by atoms with Crippen molar-refractivity contribution in [3.63, 3.8) is 0 Å². The summed E-state index contributed by atoms with van der Waals surface area (Å²) in [5.74, 6) is 6.65. The molecular weight excluding hydrogens is 358 g/mol. The van der Waals surface area contributed by atoms with Crippen LogP contribution in [0.1, 0.15) is 9.75 Å². The van der Waals surface area contributed by atoms with Crippen LogP contribution < -0.4 is 16.6 Å².